The van der Waals surface area contributed by atoms with Gasteiger partial charge in [0.25, 0.3) is 5.91 Å². The normalized spacial score (nSPS) is 18.7. The lowest BCUT2D eigenvalue weighted by atomic mass is 9.98. The number of amides is 2. The number of aliphatic imine (C=N–C) groups is 1. The third-order valence-corrected chi connectivity index (χ3v) is 7.75. The van der Waals surface area contributed by atoms with Crippen LogP contribution in [-0.2, 0) is 15.8 Å². The molecule has 3 aromatic rings. The molecule has 2 aliphatic heterocycles. The fourth-order valence-electron chi connectivity index (χ4n) is 4.49. The van der Waals surface area contributed by atoms with E-state index in [9.17, 15) is 22.8 Å². The summed E-state index contributed by atoms with van der Waals surface area (Å²) < 4.78 is 49.6. The van der Waals surface area contributed by atoms with Gasteiger partial charge in [-0.25, -0.2) is 5.01 Å². The number of alkyl halides is 3. The number of amidine groups is 1. The number of carbonyl (C=O) groups excluding carboxylic acids is 2. The number of methoxy groups -OCH3 is 2. The van der Waals surface area contributed by atoms with Gasteiger partial charge in [-0.1, -0.05) is 30.0 Å². The molecule has 41 heavy (non-hydrogen) atoms. The molecule has 8 nitrogen and oxygen atoms in total. The van der Waals surface area contributed by atoms with Crippen LogP contribution in [0, 0.1) is 0 Å². The number of nitrogens with zero attached hydrogens (tertiary/aromatic N) is 3. The van der Waals surface area contributed by atoms with Crippen LogP contribution in [-0.4, -0.2) is 47.2 Å². The molecule has 3 aromatic carbocycles. The first-order valence-electron chi connectivity index (χ1n) is 12.6. The highest BCUT2D eigenvalue weighted by atomic mass is 32.2. The van der Waals surface area contributed by atoms with Crippen molar-refractivity contribution < 1.29 is 32.2 Å². The fourth-order valence-corrected chi connectivity index (χ4v) is 5.55. The van der Waals surface area contributed by atoms with Crippen molar-refractivity contribution in [2.24, 2.45) is 10.1 Å². The Hall–Kier alpha value is -4.32. The Bertz CT molecular complexity index is 1510. The van der Waals surface area contributed by atoms with Crippen molar-refractivity contribution in [2.75, 3.05) is 19.5 Å². The van der Waals surface area contributed by atoms with Crippen LogP contribution in [0.15, 0.2) is 82.9 Å². The van der Waals surface area contributed by atoms with E-state index in [2.05, 4.69) is 10.3 Å². The second-order valence-electron chi connectivity index (χ2n) is 9.28. The number of benzene rings is 3. The van der Waals surface area contributed by atoms with Gasteiger partial charge in [-0.2, -0.15) is 23.3 Å². The van der Waals surface area contributed by atoms with E-state index >= 15 is 0 Å². The monoisotopic (exact) mass is 582 g/mol. The molecule has 2 atom stereocenters. The highest BCUT2D eigenvalue weighted by Crippen LogP contribution is 2.39. The third kappa shape index (κ3) is 6.37. The van der Waals surface area contributed by atoms with Crippen molar-refractivity contribution in [3.63, 3.8) is 0 Å². The van der Waals surface area contributed by atoms with E-state index in [0.717, 1.165) is 40.7 Å². The lowest BCUT2D eigenvalue weighted by Gasteiger charge is -2.23. The van der Waals surface area contributed by atoms with Crippen LogP contribution >= 0.6 is 11.8 Å². The molecule has 1 N–H and O–H groups in total. The molecule has 212 valence electrons. The van der Waals surface area contributed by atoms with E-state index in [1.807, 2.05) is 48.5 Å². The maximum absolute atomic E-state index is 13.0. The maximum Gasteiger partial charge on any atom is 0.416 e. The molecule has 0 saturated heterocycles. The Kier molecular flexibility index (Phi) is 8.02. The zero-order chi connectivity index (χ0) is 29.1. The van der Waals surface area contributed by atoms with Crippen molar-refractivity contribution in [1.82, 2.24) is 5.01 Å². The highest BCUT2D eigenvalue weighted by molar-refractivity contribution is 8.15. The maximum atomic E-state index is 13.0. The molecule has 0 aliphatic carbocycles. The lowest BCUT2D eigenvalue weighted by molar-refractivity contribution is -0.137. The fraction of sp³-hybridized carbons (Fsp3) is 0.241. The standard InChI is InChI=1S/C29H25F3N4O4S/c1-39-21-10-6-17(7-11-21)23-15-24(18-8-12-22(40-2)13-9-18)36(35-23)28-34-27(38)25(41-28)16-26(37)33-20-5-3-4-19(14-20)29(30,31)32/h3-14,24-25H,15-16H2,1-2H3,(H,33,37). The number of hydrogen-bond donors (Lipinski definition) is 1. The molecule has 0 spiro atoms. The van der Waals surface area contributed by atoms with Gasteiger partial charge in [0.05, 0.1) is 31.5 Å². The van der Waals surface area contributed by atoms with E-state index in [1.54, 1.807) is 19.2 Å². The molecule has 0 bridgehead atoms. The number of anilines is 1. The lowest BCUT2D eigenvalue weighted by Crippen LogP contribution is -2.25. The van der Waals surface area contributed by atoms with Crippen LogP contribution in [0.3, 0.4) is 0 Å². The molecule has 2 aliphatic rings. The van der Waals surface area contributed by atoms with Crippen LogP contribution in [0.25, 0.3) is 0 Å². The van der Waals surface area contributed by atoms with E-state index in [0.29, 0.717) is 23.1 Å². The Morgan fingerprint density at radius 3 is 2.32 bits per heavy atom. The summed E-state index contributed by atoms with van der Waals surface area (Å²) in [5.74, 6) is 0.306. The summed E-state index contributed by atoms with van der Waals surface area (Å²) in [6, 6.07) is 19.1. The van der Waals surface area contributed by atoms with Gasteiger partial charge in [0.2, 0.25) is 5.91 Å². The Morgan fingerprint density at radius 2 is 1.68 bits per heavy atom. The van der Waals surface area contributed by atoms with E-state index in [4.69, 9.17) is 14.6 Å². The Labute approximate surface area is 238 Å². The molecule has 0 saturated carbocycles. The van der Waals surface area contributed by atoms with Crippen molar-refractivity contribution in [3.05, 3.63) is 89.5 Å². The van der Waals surface area contributed by atoms with E-state index in [-0.39, 0.29) is 18.2 Å². The summed E-state index contributed by atoms with van der Waals surface area (Å²) in [4.78, 5) is 29.7. The van der Waals surface area contributed by atoms with Gasteiger partial charge in [-0.05, 0) is 65.7 Å². The summed E-state index contributed by atoms with van der Waals surface area (Å²) in [5.41, 5.74) is 1.72. The first kappa shape index (κ1) is 28.2. The second-order valence-corrected chi connectivity index (χ2v) is 10.5. The molecule has 5 rings (SSSR count). The molecule has 0 radical (unpaired) electrons. The van der Waals surface area contributed by atoms with Gasteiger partial charge in [-0.3, -0.25) is 9.59 Å². The molecule has 2 amide bonds. The quantitative estimate of drug-likeness (QED) is 0.373. The van der Waals surface area contributed by atoms with Crippen molar-refractivity contribution >= 4 is 40.1 Å². The van der Waals surface area contributed by atoms with Gasteiger partial charge in [0.15, 0.2) is 5.17 Å². The summed E-state index contributed by atoms with van der Waals surface area (Å²) in [6.45, 7) is 0. The largest absolute Gasteiger partial charge is 0.497 e. The summed E-state index contributed by atoms with van der Waals surface area (Å²) in [7, 11) is 3.17. The zero-order valence-electron chi connectivity index (χ0n) is 22.0. The van der Waals surface area contributed by atoms with Gasteiger partial charge in [-0.15, -0.1) is 0 Å². The topological polar surface area (TPSA) is 92.6 Å². The van der Waals surface area contributed by atoms with Crippen molar-refractivity contribution in [3.8, 4) is 11.5 Å². The summed E-state index contributed by atoms with van der Waals surface area (Å²) >= 11 is 1.11. The molecular weight excluding hydrogens is 557 g/mol. The molecule has 2 unspecified atom stereocenters. The van der Waals surface area contributed by atoms with Crippen LogP contribution in [0.5, 0.6) is 11.5 Å². The number of halogens is 3. The Morgan fingerprint density at radius 1 is 1.02 bits per heavy atom. The van der Waals surface area contributed by atoms with E-state index in [1.165, 1.54) is 12.1 Å². The van der Waals surface area contributed by atoms with Gasteiger partial charge in [0, 0.05) is 18.5 Å². The smallest absolute Gasteiger partial charge is 0.416 e. The zero-order valence-corrected chi connectivity index (χ0v) is 22.8. The molecule has 2 heterocycles. The Balaban J connectivity index is 1.33. The number of rotatable bonds is 7. The predicted molar refractivity (Wildman–Crippen MR) is 150 cm³/mol. The molecule has 12 heteroatoms. The van der Waals surface area contributed by atoms with Gasteiger partial charge < -0.3 is 14.8 Å². The van der Waals surface area contributed by atoms with Crippen LogP contribution < -0.4 is 14.8 Å². The average Bonchev–Trinajstić information content (AvgIpc) is 3.56. The number of hydrazone groups is 1. The van der Waals surface area contributed by atoms with E-state index < -0.39 is 28.8 Å². The summed E-state index contributed by atoms with van der Waals surface area (Å²) in [6.07, 6.45) is -4.27. The average molecular weight is 583 g/mol. The number of carbonyl (C=O) groups is 2. The summed E-state index contributed by atoms with van der Waals surface area (Å²) in [5, 5.41) is 8.46. The van der Waals surface area contributed by atoms with Crippen molar-refractivity contribution in [1.29, 1.82) is 0 Å². The highest BCUT2D eigenvalue weighted by Gasteiger charge is 2.39. The third-order valence-electron chi connectivity index (χ3n) is 6.60. The minimum absolute atomic E-state index is 0.00532. The molecular formula is C29H25F3N4O4S. The SMILES string of the molecule is COc1ccc(C2=NN(C3=NC(=O)C(CC(=O)Nc4cccc(C(F)(F)F)c4)S3)C(c3ccc(OC)cc3)C2)cc1. The van der Waals surface area contributed by atoms with Crippen LogP contribution in [0.4, 0.5) is 18.9 Å². The minimum atomic E-state index is -4.54. The van der Waals surface area contributed by atoms with Crippen LogP contribution in [0.2, 0.25) is 0 Å². The number of thioether (sulfide) groups is 1. The second kappa shape index (κ2) is 11.7. The number of nitrogens with one attached hydrogen (secondary N) is 1. The molecule has 0 fully saturated rings. The van der Waals surface area contributed by atoms with Gasteiger partial charge in [0.1, 0.15) is 16.7 Å². The first-order valence-corrected chi connectivity index (χ1v) is 13.4. The minimum Gasteiger partial charge on any atom is -0.497 e. The van der Waals surface area contributed by atoms with Crippen molar-refractivity contribution in [2.45, 2.75) is 30.3 Å². The number of ether oxygens (including phenoxy) is 2. The number of hydrogen-bond acceptors (Lipinski definition) is 7. The predicted octanol–water partition coefficient (Wildman–Crippen LogP) is 5.90. The van der Waals surface area contributed by atoms with Crippen LogP contribution in [0.1, 0.15) is 35.6 Å². The van der Waals surface area contributed by atoms with Gasteiger partial charge >= 0.3 is 6.18 Å². The first-order chi connectivity index (χ1) is 19.6. The molecule has 0 aromatic heterocycles.